The van der Waals surface area contributed by atoms with Crippen LogP contribution < -0.4 is 4.74 Å². The van der Waals surface area contributed by atoms with E-state index >= 15 is 0 Å². The lowest BCUT2D eigenvalue weighted by Crippen LogP contribution is -2.12. The minimum Gasteiger partial charge on any atom is -0.490 e. The lowest BCUT2D eigenvalue weighted by atomic mass is 10.1. The fourth-order valence-corrected chi connectivity index (χ4v) is 5.90. The largest absolute Gasteiger partial charge is 0.490 e. The fraction of sp³-hybridized carbons (Fsp3) is 0.300. The van der Waals surface area contributed by atoms with Crippen LogP contribution >= 0.6 is 23.5 Å². The molecule has 0 spiro atoms. The highest BCUT2D eigenvalue weighted by molar-refractivity contribution is 8.20. The van der Waals surface area contributed by atoms with E-state index in [0.29, 0.717) is 6.61 Å². The minimum atomic E-state index is 0.256. The van der Waals surface area contributed by atoms with E-state index in [9.17, 15) is 0 Å². The lowest BCUT2D eigenvalue weighted by Gasteiger charge is -2.26. The maximum atomic E-state index is 5.81. The van der Waals surface area contributed by atoms with E-state index in [1.54, 1.807) is 0 Å². The Hall–Kier alpha value is -1.32. The van der Waals surface area contributed by atoms with Crippen molar-refractivity contribution < 1.29 is 4.74 Å². The van der Waals surface area contributed by atoms with Crippen molar-refractivity contribution in [3.63, 3.8) is 0 Å². The summed E-state index contributed by atoms with van der Waals surface area (Å²) < 4.78 is 6.07. The topological polar surface area (TPSA) is 9.23 Å². The van der Waals surface area contributed by atoms with Gasteiger partial charge in [0.05, 0.1) is 4.08 Å². The summed E-state index contributed by atoms with van der Waals surface area (Å²) >= 11 is 4.16. The standard InChI is InChI=1S/C20H22OS2/c1-2-20(22-15-16-23-20)18-10-12-19(13-11-18)21-14-6-9-17-7-4-3-5-8-17/h3-13H,2,14-16H2,1H3. The zero-order valence-electron chi connectivity index (χ0n) is 13.4. The van der Waals surface area contributed by atoms with Gasteiger partial charge in [-0.05, 0) is 35.8 Å². The second-order valence-electron chi connectivity index (χ2n) is 5.45. The summed E-state index contributed by atoms with van der Waals surface area (Å²) in [6.07, 6.45) is 5.31. The molecule has 2 aromatic rings. The van der Waals surface area contributed by atoms with Crippen LogP contribution in [0.15, 0.2) is 60.7 Å². The molecule has 120 valence electrons. The Morgan fingerprint density at radius 3 is 2.35 bits per heavy atom. The molecule has 0 bridgehead atoms. The van der Waals surface area contributed by atoms with Crippen molar-refractivity contribution in [3.8, 4) is 5.75 Å². The number of ether oxygens (including phenoxy) is 1. The molecule has 0 radical (unpaired) electrons. The molecular formula is C20H22OS2. The first-order valence-corrected chi connectivity index (χ1v) is 10.0. The SMILES string of the molecule is CCC1(c2ccc(OCC=Cc3ccccc3)cc2)SCCS1. The maximum absolute atomic E-state index is 5.81. The molecule has 0 unspecified atom stereocenters. The summed E-state index contributed by atoms with van der Waals surface area (Å²) in [5.41, 5.74) is 2.62. The van der Waals surface area contributed by atoms with Crippen LogP contribution in [0.5, 0.6) is 5.75 Å². The van der Waals surface area contributed by atoms with Crippen LogP contribution in [0, 0.1) is 0 Å². The Balaban J connectivity index is 1.56. The molecule has 1 nitrogen and oxygen atoms in total. The van der Waals surface area contributed by atoms with Crippen LogP contribution in [-0.4, -0.2) is 18.1 Å². The molecule has 3 rings (SSSR count). The van der Waals surface area contributed by atoms with Crippen LogP contribution in [0.3, 0.4) is 0 Å². The molecule has 1 aliphatic rings. The normalized spacial score (nSPS) is 16.7. The van der Waals surface area contributed by atoms with E-state index in [1.165, 1.54) is 29.1 Å². The van der Waals surface area contributed by atoms with E-state index in [4.69, 9.17) is 4.74 Å². The van der Waals surface area contributed by atoms with E-state index < -0.39 is 0 Å². The predicted molar refractivity (Wildman–Crippen MR) is 104 cm³/mol. The number of thioether (sulfide) groups is 2. The highest BCUT2D eigenvalue weighted by Gasteiger charge is 2.35. The molecule has 0 amide bonds. The third-order valence-corrected chi connectivity index (χ3v) is 7.73. The van der Waals surface area contributed by atoms with Gasteiger partial charge in [0.1, 0.15) is 12.4 Å². The zero-order valence-corrected chi connectivity index (χ0v) is 15.0. The van der Waals surface area contributed by atoms with Crippen LogP contribution in [0.2, 0.25) is 0 Å². The fourth-order valence-electron chi connectivity index (χ4n) is 2.73. The number of rotatable bonds is 6. The Kier molecular flexibility index (Phi) is 5.74. The Morgan fingerprint density at radius 2 is 1.70 bits per heavy atom. The first-order valence-electron chi connectivity index (χ1n) is 8.05. The second kappa shape index (κ2) is 7.98. The molecule has 1 fully saturated rings. The molecule has 0 aliphatic carbocycles. The van der Waals surface area contributed by atoms with Gasteiger partial charge in [0, 0.05) is 11.5 Å². The van der Waals surface area contributed by atoms with E-state index in [1.807, 2.05) is 18.2 Å². The molecular weight excluding hydrogens is 320 g/mol. The molecule has 3 heteroatoms. The van der Waals surface area contributed by atoms with Crippen LogP contribution in [0.25, 0.3) is 6.08 Å². The Bertz CT molecular complexity index is 628. The average Bonchev–Trinajstić information content (AvgIpc) is 3.10. The van der Waals surface area contributed by atoms with Crippen molar-refractivity contribution in [2.45, 2.75) is 17.4 Å². The summed E-state index contributed by atoms with van der Waals surface area (Å²) in [5.74, 6) is 3.44. The predicted octanol–water partition coefficient (Wildman–Crippen LogP) is 5.82. The van der Waals surface area contributed by atoms with Crippen molar-refractivity contribution in [1.82, 2.24) is 0 Å². The van der Waals surface area contributed by atoms with Gasteiger partial charge in [0.2, 0.25) is 0 Å². The van der Waals surface area contributed by atoms with E-state index in [-0.39, 0.29) is 4.08 Å². The lowest BCUT2D eigenvalue weighted by molar-refractivity contribution is 0.363. The number of benzene rings is 2. The van der Waals surface area contributed by atoms with E-state index in [2.05, 4.69) is 79.0 Å². The molecule has 0 saturated carbocycles. The van der Waals surface area contributed by atoms with Gasteiger partial charge in [-0.15, -0.1) is 23.5 Å². The summed E-state index contributed by atoms with van der Waals surface area (Å²) in [5, 5.41) is 0. The third kappa shape index (κ3) is 4.15. The van der Waals surface area contributed by atoms with Crippen molar-refractivity contribution in [3.05, 3.63) is 71.8 Å². The van der Waals surface area contributed by atoms with Gasteiger partial charge < -0.3 is 4.74 Å². The van der Waals surface area contributed by atoms with Gasteiger partial charge in [-0.1, -0.05) is 55.5 Å². The summed E-state index contributed by atoms with van der Waals surface area (Å²) in [7, 11) is 0. The summed E-state index contributed by atoms with van der Waals surface area (Å²) in [4.78, 5) is 0. The highest BCUT2D eigenvalue weighted by Crippen LogP contribution is 2.54. The van der Waals surface area contributed by atoms with Gasteiger partial charge in [-0.25, -0.2) is 0 Å². The molecule has 1 saturated heterocycles. The highest BCUT2D eigenvalue weighted by atomic mass is 32.2. The van der Waals surface area contributed by atoms with Crippen molar-refractivity contribution >= 4 is 29.6 Å². The summed E-state index contributed by atoms with van der Waals surface area (Å²) in [6.45, 7) is 2.88. The maximum Gasteiger partial charge on any atom is 0.119 e. The first-order chi connectivity index (χ1) is 11.3. The molecule has 2 aromatic carbocycles. The quantitative estimate of drug-likeness (QED) is 0.654. The van der Waals surface area contributed by atoms with Gasteiger partial charge in [0.15, 0.2) is 0 Å². The zero-order chi connectivity index (χ0) is 16.0. The van der Waals surface area contributed by atoms with Crippen LogP contribution in [-0.2, 0) is 4.08 Å². The monoisotopic (exact) mass is 342 g/mol. The van der Waals surface area contributed by atoms with Crippen LogP contribution in [0.1, 0.15) is 24.5 Å². The van der Waals surface area contributed by atoms with Crippen LogP contribution in [0.4, 0.5) is 0 Å². The van der Waals surface area contributed by atoms with E-state index in [0.717, 1.165) is 5.75 Å². The minimum absolute atomic E-state index is 0.256. The van der Waals surface area contributed by atoms with Gasteiger partial charge in [0.25, 0.3) is 0 Å². The second-order valence-corrected chi connectivity index (χ2v) is 8.50. The Morgan fingerprint density at radius 1 is 1.00 bits per heavy atom. The molecule has 0 atom stereocenters. The van der Waals surface area contributed by atoms with Gasteiger partial charge >= 0.3 is 0 Å². The molecule has 1 heterocycles. The smallest absolute Gasteiger partial charge is 0.119 e. The van der Waals surface area contributed by atoms with Gasteiger partial charge in [-0.2, -0.15) is 0 Å². The van der Waals surface area contributed by atoms with Gasteiger partial charge in [-0.3, -0.25) is 0 Å². The summed E-state index contributed by atoms with van der Waals surface area (Å²) in [6, 6.07) is 18.9. The van der Waals surface area contributed by atoms with Crippen molar-refractivity contribution in [2.24, 2.45) is 0 Å². The molecule has 0 aromatic heterocycles. The molecule has 0 N–H and O–H groups in total. The third-order valence-electron chi connectivity index (χ3n) is 3.97. The van der Waals surface area contributed by atoms with Crippen molar-refractivity contribution in [2.75, 3.05) is 18.1 Å². The number of hydrogen-bond acceptors (Lipinski definition) is 3. The molecule has 23 heavy (non-hydrogen) atoms. The average molecular weight is 343 g/mol. The molecule has 1 aliphatic heterocycles. The number of hydrogen-bond donors (Lipinski definition) is 0. The van der Waals surface area contributed by atoms with Crippen molar-refractivity contribution in [1.29, 1.82) is 0 Å². The first kappa shape index (κ1) is 16.5. The Labute approximate surface area is 147 Å².